The van der Waals surface area contributed by atoms with Crippen LogP contribution in [0.3, 0.4) is 0 Å². The maximum atomic E-state index is 13.2. The van der Waals surface area contributed by atoms with Gasteiger partial charge in [-0.3, -0.25) is 4.79 Å². The Morgan fingerprint density at radius 1 is 0.667 bits per heavy atom. The van der Waals surface area contributed by atoms with Crippen LogP contribution in [0.2, 0.25) is 0 Å². The van der Waals surface area contributed by atoms with Gasteiger partial charge in [0.2, 0.25) is 0 Å². The number of hydrogen-bond acceptors (Lipinski definition) is 6. The molecule has 0 fully saturated rings. The molecule has 0 bridgehead atoms. The highest BCUT2D eigenvalue weighted by Crippen LogP contribution is 2.46. The van der Waals surface area contributed by atoms with E-state index < -0.39 is 23.8 Å². The van der Waals surface area contributed by atoms with E-state index in [-0.39, 0.29) is 11.1 Å². The van der Waals surface area contributed by atoms with Crippen LogP contribution in [-0.4, -0.2) is 39.2 Å². The van der Waals surface area contributed by atoms with Crippen molar-refractivity contribution in [1.82, 2.24) is 0 Å². The predicted molar refractivity (Wildman–Crippen MR) is 125 cm³/mol. The van der Waals surface area contributed by atoms with Crippen molar-refractivity contribution in [1.29, 1.82) is 0 Å². The second-order valence-electron chi connectivity index (χ2n) is 7.52. The van der Waals surface area contributed by atoms with Crippen LogP contribution >= 0.6 is 0 Å². The molecule has 0 N–H and O–H groups in total. The monoisotopic (exact) mass is 446 g/mol. The first-order valence-corrected chi connectivity index (χ1v) is 10.4. The molecule has 170 valence electrons. The molecule has 0 aromatic heterocycles. The number of rotatable bonds is 5. The van der Waals surface area contributed by atoms with Crippen molar-refractivity contribution < 1.29 is 28.6 Å². The smallest absolute Gasteiger partial charge is 0.338 e. The van der Waals surface area contributed by atoms with Crippen LogP contribution in [0, 0.1) is 5.92 Å². The highest BCUT2D eigenvalue weighted by Gasteiger charge is 2.39. The Morgan fingerprint density at radius 2 is 1.15 bits per heavy atom. The van der Waals surface area contributed by atoms with E-state index in [0.29, 0.717) is 33.4 Å². The minimum Gasteiger partial charge on any atom is -0.468 e. The molecule has 2 aromatic carbocycles. The van der Waals surface area contributed by atoms with Crippen LogP contribution in [0.4, 0.5) is 0 Å². The molecule has 1 atom stereocenters. The average molecular weight is 446 g/mol. The largest absolute Gasteiger partial charge is 0.468 e. The molecule has 1 unspecified atom stereocenters. The summed E-state index contributed by atoms with van der Waals surface area (Å²) in [7, 11) is 3.84. The molecule has 1 aliphatic rings. The summed E-state index contributed by atoms with van der Waals surface area (Å²) in [6.45, 7) is 3.34. The normalized spacial score (nSPS) is 16.3. The van der Waals surface area contributed by atoms with Gasteiger partial charge in [-0.15, -0.1) is 0 Å². The van der Waals surface area contributed by atoms with Crippen molar-refractivity contribution in [3.63, 3.8) is 0 Å². The molecule has 0 spiro atoms. The number of esters is 3. The maximum Gasteiger partial charge on any atom is 0.338 e. The number of carbonyl (C=O) groups is 3. The molecule has 33 heavy (non-hydrogen) atoms. The molecule has 0 heterocycles. The minimum absolute atomic E-state index is 0.146. The van der Waals surface area contributed by atoms with Crippen molar-refractivity contribution in [3.8, 4) is 0 Å². The second kappa shape index (κ2) is 10.1. The number of benzene rings is 2. The van der Waals surface area contributed by atoms with Crippen LogP contribution in [0.25, 0.3) is 11.1 Å². The second-order valence-corrected chi connectivity index (χ2v) is 7.52. The summed E-state index contributed by atoms with van der Waals surface area (Å²) in [5.74, 6) is -2.79. The highest BCUT2D eigenvalue weighted by molar-refractivity contribution is 6.19. The molecular weight excluding hydrogens is 420 g/mol. The van der Waals surface area contributed by atoms with Crippen molar-refractivity contribution in [2.75, 3.05) is 21.3 Å². The van der Waals surface area contributed by atoms with Gasteiger partial charge in [0.25, 0.3) is 0 Å². The van der Waals surface area contributed by atoms with Gasteiger partial charge >= 0.3 is 17.9 Å². The number of carbonyl (C=O) groups excluding carboxylic acids is 3. The van der Waals surface area contributed by atoms with E-state index in [1.54, 1.807) is 13.8 Å². The number of hydrogen-bond donors (Lipinski definition) is 0. The first kappa shape index (κ1) is 23.7. The molecule has 0 amide bonds. The topological polar surface area (TPSA) is 78.9 Å². The van der Waals surface area contributed by atoms with Gasteiger partial charge in [-0.05, 0) is 41.7 Å². The van der Waals surface area contributed by atoms with E-state index in [9.17, 15) is 14.4 Å². The third-order valence-electron chi connectivity index (χ3n) is 5.75. The Bertz CT molecular complexity index is 1170. The van der Waals surface area contributed by atoms with Crippen molar-refractivity contribution in [2.45, 2.75) is 13.8 Å². The fourth-order valence-electron chi connectivity index (χ4n) is 4.27. The molecule has 2 aromatic rings. The van der Waals surface area contributed by atoms with Crippen LogP contribution in [0.5, 0.6) is 0 Å². The zero-order valence-electron chi connectivity index (χ0n) is 19.3. The van der Waals surface area contributed by atoms with Crippen LogP contribution in [0.1, 0.15) is 25.0 Å². The average Bonchev–Trinajstić information content (AvgIpc) is 2.95. The Kier molecular flexibility index (Phi) is 7.28. The molecule has 0 saturated heterocycles. The van der Waals surface area contributed by atoms with Crippen LogP contribution in [-0.2, 0) is 28.6 Å². The third-order valence-corrected chi connectivity index (χ3v) is 5.75. The molecule has 0 aliphatic heterocycles. The Hall–Kier alpha value is -3.93. The zero-order valence-corrected chi connectivity index (χ0v) is 19.3. The van der Waals surface area contributed by atoms with Crippen LogP contribution < -0.4 is 0 Å². The summed E-state index contributed by atoms with van der Waals surface area (Å²) in [5.41, 5.74) is 3.59. The van der Waals surface area contributed by atoms with Gasteiger partial charge < -0.3 is 14.2 Å². The summed E-state index contributed by atoms with van der Waals surface area (Å²) in [5, 5.41) is 0. The van der Waals surface area contributed by atoms with E-state index in [4.69, 9.17) is 14.2 Å². The summed E-state index contributed by atoms with van der Waals surface area (Å²) < 4.78 is 15.4. The lowest BCUT2D eigenvalue weighted by Crippen LogP contribution is -2.22. The fourth-order valence-corrected chi connectivity index (χ4v) is 4.27. The standard InChI is InChI=1S/C27H26O6/c1-16-20(25(28)31-3)17(2)22(27(30)33-5)24(19-14-10-7-11-15-19)23(21(16)26(29)32-4)18-12-8-6-9-13-18/h6-15,21H,1-5H3. The van der Waals surface area contributed by atoms with E-state index >= 15 is 0 Å². The molecule has 6 nitrogen and oxygen atoms in total. The lowest BCUT2D eigenvalue weighted by molar-refractivity contribution is -0.142. The van der Waals surface area contributed by atoms with Gasteiger partial charge in [0.1, 0.15) is 5.92 Å². The Labute approximate surface area is 193 Å². The maximum absolute atomic E-state index is 13.2. The van der Waals surface area contributed by atoms with Crippen molar-refractivity contribution >= 4 is 29.1 Å². The molecule has 0 radical (unpaired) electrons. The number of ether oxygens (including phenoxy) is 3. The molecular formula is C27H26O6. The predicted octanol–water partition coefficient (Wildman–Crippen LogP) is 4.38. The highest BCUT2D eigenvalue weighted by atomic mass is 16.5. The number of methoxy groups -OCH3 is 3. The Morgan fingerprint density at radius 3 is 1.64 bits per heavy atom. The summed E-state index contributed by atoms with van der Waals surface area (Å²) in [4.78, 5) is 39.3. The van der Waals surface area contributed by atoms with Gasteiger partial charge in [-0.25, -0.2) is 9.59 Å². The van der Waals surface area contributed by atoms with Crippen LogP contribution in [0.15, 0.2) is 83.0 Å². The summed E-state index contributed by atoms with van der Waals surface area (Å²) in [6.07, 6.45) is 0. The first-order chi connectivity index (χ1) is 15.9. The lowest BCUT2D eigenvalue weighted by atomic mass is 9.80. The van der Waals surface area contributed by atoms with E-state index in [1.807, 2.05) is 60.7 Å². The van der Waals surface area contributed by atoms with Crippen molar-refractivity contribution in [2.24, 2.45) is 5.92 Å². The zero-order chi connectivity index (χ0) is 24.1. The van der Waals surface area contributed by atoms with E-state index in [2.05, 4.69) is 0 Å². The fraction of sp³-hybridized carbons (Fsp3) is 0.222. The minimum atomic E-state index is -0.959. The van der Waals surface area contributed by atoms with Gasteiger partial charge in [0.05, 0.1) is 32.5 Å². The lowest BCUT2D eigenvalue weighted by Gasteiger charge is -2.23. The summed E-state index contributed by atoms with van der Waals surface area (Å²) >= 11 is 0. The summed E-state index contributed by atoms with van der Waals surface area (Å²) in [6, 6.07) is 18.5. The molecule has 6 heteroatoms. The third kappa shape index (κ3) is 4.37. The van der Waals surface area contributed by atoms with E-state index in [1.165, 1.54) is 21.3 Å². The first-order valence-electron chi connectivity index (χ1n) is 10.4. The van der Waals surface area contributed by atoms with Crippen molar-refractivity contribution in [3.05, 3.63) is 94.1 Å². The molecule has 0 saturated carbocycles. The molecule has 3 rings (SSSR count). The van der Waals surface area contributed by atoms with Gasteiger partial charge in [-0.2, -0.15) is 0 Å². The van der Waals surface area contributed by atoms with Gasteiger partial charge in [-0.1, -0.05) is 60.7 Å². The Balaban J connectivity index is 2.61. The van der Waals surface area contributed by atoms with Gasteiger partial charge in [0, 0.05) is 5.57 Å². The SMILES string of the molecule is COC(=O)C1=C(C)C(C(=O)OC)=C(C)C(C(=O)OC)C(c2ccccc2)=C1c1ccccc1. The van der Waals surface area contributed by atoms with E-state index in [0.717, 1.165) is 0 Å². The molecule has 1 aliphatic carbocycles. The quantitative estimate of drug-likeness (QED) is 0.501. The van der Waals surface area contributed by atoms with Gasteiger partial charge in [0.15, 0.2) is 0 Å².